The second-order valence-electron chi connectivity index (χ2n) is 29.3. The summed E-state index contributed by atoms with van der Waals surface area (Å²) in [6, 6.07) is -7.50. The van der Waals surface area contributed by atoms with Crippen molar-refractivity contribution in [2.75, 3.05) is 63.9 Å². The van der Waals surface area contributed by atoms with Crippen molar-refractivity contribution in [2.45, 2.75) is 214 Å². The highest BCUT2D eigenvalue weighted by Gasteiger charge is 2.47. The molecule has 5 heterocycles. The van der Waals surface area contributed by atoms with Crippen molar-refractivity contribution >= 4 is 122 Å². The van der Waals surface area contributed by atoms with Crippen molar-refractivity contribution < 1.29 is 92.3 Å². The van der Waals surface area contributed by atoms with Crippen molar-refractivity contribution in [2.24, 2.45) is 44.6 Å². The van der Waals surface area contributed by atoms with E-state index in [4.69, 9.17) is 28.7 Å². The minimum atomic E-state index is -2.00. The molecule has 116 heavy (non-hydrogen) atoms. The van der Waals surface area contributed by atoms with Gasteiger partial charge in [-0.3, -0.25) is 81.9 Å². The van der Waals surface area contributed by atoms with Crippen molar-refractivity contribution in [3.05, 3.63) is 65.7 Å². The predicted octanol–water partition coefficient (Wildman–Crippen LogP) is -5.41. The molecule has 13 amide bonds. The monoisotopic (exact) mass is 1660 g/mol. The zero-order chi connectivity index (χ0) is 84.7. The fourth-order valence-corrected chi connectivity index (χ4v) is 16.6. The molecule has 2 aromatic carbocycles. The van der Waals surface area contributed by atoms with Gasteiger partial charge in [0.15, 0.2) is 11.9 Å². The van der Waals surface area contributed by atoms with Gasteiger partial charge in [0.25, 0.3) is 0 Å². The van der Waals surface area contributed by atoms with E-state index in [0.29, 0.717) is 30.4 Å². The molecule has 0 saturated carbocycles. The first kappa shape index (κ1) is 92.6. The van der Waals surface area contributed by atoms with Crippen LogP contribution in [-0.2, 0) is 84.8 Å². The lowest BCUT2D eigenvalue weighted by atomic mass is 9.97. The standard InChI is InChI=1S/C74H111N21O19S2/c1-3-40(2)59-69(111)91-53-39-116-115-38-52(82-36-43(16-9-27-80-73(76)77)83-61(103)48(34-57(98)99)87-63(105)49(35-58(100)101)88-67(109)54-19-11-29-93(54)71(113)50(89-66(53)108)33-41-14-5-4-6-15-41)65(107)86-47(32-42-22-24-44(97)25-23-42)62(104)84-45(17-7-8-26-75)60(102)90-51(37-96)64(106)85-46(18-10-28-81-74(78)79)70(112)95-31-13-21-56(95)72(114)94-30-12-20-55(94)68(110)92-59/h4-6,14-15,22-25,40,43,45-56,59,82,96-97H,3,7-13,16-21,26-39,75H2,1-2H3,(H,83,103)(H,84,104)(H,85,106)(H,86,107)(H,87,105)(H,88,109)(H,89,108)(H,90,102)(H,91,111)(H,92,110)(H,98,99)(H,100,101)(H4,76,77,80)(H4,78,79,81)/t40-,43-,45-,46-,47-,48-,49-,50-,51-,52-,53-,54-,55-,56-,59-/m0/s1. The second kappa shape index (κ2) is 46.2. The molecule has 42 heteroatoms. The van der Waals surface area contributed by atoms with Crippen LogP contribution in [0.15, 0.2) is 64.6 Å². The minimum Gasteiger partial charge on any atom is -0.508 e. The van der Waals surface area contributed by atoms with Crippen LogP contribution in [0.5, 0.6) is 5.75 Å². The van der Waals surface area contributed by atoms with Crippen LogP contribution >= 0.6 is 21.6 Å². The average Bonchev–Trinajstić information content (AvgIpc) is 1.64. The van der Waals surface area contributed by atoms with Gasteiger partial charge < -0.3 is 122 Å². The molecule has 2 bridgehead atoms. The molecule has 15 atom stereocenters. The normalized spacial score (nSPS) is 26.9. The maximum absolute atomic E-state index is 15.5. The quantitative estimate of drug-likeness (QED) is 0.0214. The zero-order valence-corrected chi connectivity index (χ0v) is 66.6. The Balaban J connectivity index is 1.39. The number of aliphatic hydroxyl groups excluding tert-OH is 1. The Morgan fingerprint density at radius 2 is 0.931 bits per heavy atom. The topological polar surface area (TPSA) is 634 Å². The molecule has 0 spiro atoms. The first-order valence-corrected chi connectivity index (χ1v) is 41.5. The van der Waals surface area contributed by atoms with Crippen LogP contribution in [0.4, 0.5) is 0 Å². The van der Waals surface area contributed by atoms with E-state index in [1.54, 1.807) is 44.2 Å². The molecular weight excluding hydrogens is 1550 g/mol. The molecule has 5 aliphatic heterocycles. The number of nitrogens with one attached hydrogen (secondary N) is 11. The highest BCUT2D eigenvalue weighted by molar-refractivity contribution is 8.76. The van der Waals surface area contributed by atoms with Crippen molar-refractivity contribution in [1.29, 1.82) is 0 Å². The number of aliphatic carboxylic acids is 2. The van der Waals surface area contributed by atoms with Crippen LogP contribution in [-0.4, -0.2) is 284 Å². The van der Waals surface area contributed by atoms with Gasteiger partial charge in [-0.1, -0.05) is 84.3 Å². The van der Waals surface area contributed by atoms with E-state index >= 15 is 33.6 Å². The minimum absolute atomic E-state index is 0.0191. The van der Waals surface area contributed by atoms with Crippen LogP contribution < -0.4 is 87.2 Å². The SMILES string of the molecule is CC[C@H](C)[C@@H]1NC(=O)[C@@H]2CCCN2C(=O)[C@@H]2CCCN2C(=O)[C@H](CCCN=C(N)N)NC(=O)[C@H](CO)NC(=O)[C@H](CCCCN)NC(=O)[C@H](Cc2ccc(O)cc2)NC(=O)[C@@H]2CSSC[C@H](NC1=O)C(=O)N[C@@H](Cc1ccccc1)C(=O)N1CCC[C@H]1C(=O)N[C@@H](CC(=O)O)C(=O)N[C@@H](CC(=O)O)C(=O)N[C@@H](CCCN=C(N)N)CN2. The van der Waals surface area contributed by atoms with Crippen molar-refractivity contribution in [3.8, 4) is 5.75 Å². The number of carboxylic acid groups (broad SMARTS) is 2. The molecule has 638 valence electrons. The Labute approximate surface area is 678 Å². The molecule has 5 fully saturated rings. The molecule has 0 aromatic heterocycles. The van der Waals surface area contributed by atoms with Gasteiger partial charge in [0, 0.05) is 69.7 Å². The zero-order valence-electron chi connectivity index (χ0n) is 65.0. The summed E-state index contributed by atoms with van der Waals surface area (Å²) < 4.78 is 0. The number of nitrogens with two attached hydrogens (primary N) is 5. The van der Waals surface area contributed by atoms with Crippen molar-refractivity contribution in [1.82, 2.24) is 73.2 Å². The number of aromatic hydroxyl groups is 1. The summed E-state index contributed by atoms with van der Waals surface area (Å²) in [4.78, 5) is 231. The number of rotatable bonds is 23. The van der Waals surface area contributed by atoms with Crippen molar-refractivity contribution in [3.63, 3.8) is 0 Å². The molecule has 25 N–H and O–H groups in total. The molecule has 7 rings (SSSR count). The number of nitrogens with zero attached hydrogens (tertiary/aromatic N) is 5. The highest BCUT2D eigenvalue weighted by Crippen LogP contribution is 2.29. The number of phenolic OH excluding ortho intramolecular Hbond substituents is 1. The van der Waals surface area contributed by atoms with Gasteiger partial charge in [-0.25, -0.2) is 0 Å². The summed E-state index contributed by atoms with van der Waals surface area (Å²) in [5.74, 6) is -17.6. The Bertz CT molecular complexity index is 3840. The fourth-order valence-electron chi connectivity index (χ4n) is 14.2. The van der Waals surface area contributed by atoms with Crippen LogP contribution in [0, 0.1) is 5.92 Å². The highest BCUT2D eigenvalue weighted by atomic mass is 33.1. The molecule has 2 aromatic rings. The van der Waals surface area contributed by atoms with Crippen LogP contribution in [0.3, 0.4) is 0 Å². The summed E-state index contributed by atoms with van der Waals surface area (Å²) in [5.41, 5.74) is 29.3. The first-order chi connectivity index (χ1) is 55.4. The summed E-state index contributed by atoms with van der Waals surface area (Å²) in [5, 5.41) is 71.1. The Morgan fingerprint density at radius 1 is 0.483 bits per heavy atom. The Hall–Kier alpha value is -10.6. The van der Waals surface area contributed by atoms with Gasteiger partial charge in [0.05, 0.1) is 25.5 Å². The Morgan fingerprint density at radius 3 is 1.52 bits per heavy atom. The van der Waals surface area contributed by atoms with E-state index in [9.17, 15) is 58.8 Å². The second-order valence-corrected chi connectivity index (χ2v) is 31.8. The summed E-state index contributed by atoms with van der Waals surface area (Å²) >= 11 is 0. The number of fused-ring (bicyclic) bond motifs is 8. The molecule has 5 saturated heterocycles. The molecule has 40 nitrogen and oxygen atoms in total. The van der Waals surface area contributed by atoms with Crippen LogP contribution in [0.1, 0.15) is 128 Å². The number of aliphatic hydroxyl groups is 1. The number of hydrogen-bond donors (Lipinski definition) is 20. The van der Waals surface area contributed by atoms with Gasteiger partial charge in [0.2, 0.25) is 76.8 Å². The van der Waals surface area contributed by atoms with E-state index in [-0.39, 0.29) is 152 Å². The van der Waals surface area contributed by atoms with Gasteiger partial charge >= 0.3 is 11.9 Å². The molecular formula is C74H111N21O19S2. The maximum atomic E-state index is 15.5. The van der Waals surface area contributed by atoms with E-state index in [2.05, 4.69) is 68.5 Å². The number of benzene rings is 2. The van der Waals surface area contributed by atoms with E-state index in [1.165, 1.54) is 34.1 Å². The largest absolute Gasteiger partial charge is 0.508 e. The van der Waals surface area contributed by atoms with E-state index in [0.717, 1.165) is 26.5 Å². The van der Waals surface area contributed by atoms with Gasteiger partial charge in [-0.2, -0.15) is 0 Å². The number of guanidine groups is 2. The predicted molar refractivity (Wildman–Crippen MR) is 426 cm³/mol. The van der Waals surface area contributed by atoms with Gasteiger partial charge in [-0.05, 0) is 119 Å². The summed E-state index contributed by atoms with van der Waals surface area (Å²) in [6.45, 7) is 2.01. The number of amides is 13. The fraction of sp³-hybridized carbons (Fsp3) is 0.608. The number of hydrogen-bond acceptors (Lipinski definition) is 23. The molecule has 0 radical (unpaired) electrons. The number of carboxylic acids is 2. The van der Waals surface area contributed by atoms with E-state index < -0.39 is 205 Å². The lowest BCUT2D eigenvalue weighted by Crippen LogP contribution is -2.62. The van der Waals surface area contributed by atoms with Gasteiger partial charge in [-0.15, -0.1) is 0 Å². The van der Waals surface area contributed by atoms with Gasteiger partial charge in [0.1, 0.15) is 78.3 Å². The lowest BCUT2D eigenvalue weighted by Gasteiger charge is -2.34. The smallest absolute Gasteiger partial charge is 0.305 e. The molecule has 0 unspecified atom stereocenters. The number of phenols is 1. The lowest BCUT2D eigenvalue weighted by molar-refractivity contribution is -0.148. The first-order valence-electron chi connectivity index (χ1n) is 39.0. The Kier molecular flexibility index (Phi) is 36.9. The maximum Gasteiger partial charge on any atom is 0.305 e. The van der Waals surface area contributed by atoms with Crippen LogP contribution in [0.25, 0.3) is 0 Å². The average molecular weight is 1660 g/mol. The number of aliphatic imine (C=N–C) groups is 2. The third kappa shape index (κ3) is 28.1. The third-order valence-corrected chi connectivity index (χ3v) is 23.1. The summed E-state index contributed by atoms with van der Waals surface area (Å²) in [6.07, 6.45) is -1.14. The molecule has 5 aliphatic rings. The molecule has 0 aliphatic carbocycles. The third-order valence-electron chi connectivity index (χ3n) is 20.6. The number of carbonyl (C=O) groups is 15. The number of carbonyl (C=O) groups excluding carboxylic acids is 13. The van der Waals surface area contributed by atoms with E-state index in [1.807, 2.05) is 0 Å². The number of unbranched alkanes of at least 4 members (excludes halogenated alkanes) is 1. The van der Waals surface area contributed by atoms with Crippen LogP contribution in [0.2, 0.25) is 0 Å². The summed E-state index contributed by atoms with van der Waals surface area (Å²) in [7, 11) is 1.88.